The van der Waals surface area contributed by atoms with Crippen LogP contribution in [0.3, 0.4) is 0 Å². The van der Waals surface area contributed by atoms with Gasteiger partial charge in [0.05, 0.1) is 11.6 Å². The van der Waals surface area contributed by atoms with Gasteiger partial charge < -0.3 is 19.1 Å². The molecule has 0 atom stereocenters. The number of furan rings is 1. The van der Waals surface area contributed by atoms with Crippen LogP contribution >= 0.6 is 0 Å². The van der Waals surface area contributed by atoms with Crippen molar-refractivity contribution in [1.82, 2.24) is 15.0 Å². The van der Waals surface area contributed by atoms with E-state index in [-0.39, 0.29) is 0 Å². The molecule has 7 nitrogen and oxygen atoms in total. The molecule has 1 aliphatic heterocycles. The Hall–Kier alpha value is -2.83. The van der Waals surface area contributed by atoms with Crippen molar-refractivity contribution in [2.24, 2.45) is 0 Å². The zero-order valence-corrected chi connectivity index (χ0v) is 14.8. The highest BCUT2D eigenvalue weighted by Gasteiger charge is 2.22. The van der Waals surface area contributed by atoms with Gasteiger partial charge in [0, 0.05) is 58.2 Å². The van der Waals surface area contributed by atoms with Gasteiger partial charge in [0.1, 0.15) is 17.2 Å². The molecule has 0 aliphatic carbocycles. The number of hydrogen-bond acceptors (Lipinski definition) is 7. The van der Waals surface area contributed by atoms with Gasteiger partial charge in [-0.15, -0.1) is 0 Å². The van der Waals surface area contributed by atoms with E-state index in [1.165, 1.54) is 0 Å². The number of hydrogen-bond donors (Lipinski definition) is 0. The molecule has 0 spiro atoms. The molecular formula is C18H22N6O. The quantitative estimate of drug-likeness (QED) is 0.726. The molecule has 0 unspecified atom stereocenters. The third kappa shape index (κ3) is 2.97. The Morgan fingerprint density at radius 3 is 2.56 bits per heavy atom. The summed E-state index contributed by atoms with van der Waals surface area (Å²) in [5.74, 6) is 2.73. The molecule has 1 fully saturated rings. The highest BCUT2D eigenvalue weighted by atomic mass is 16.3. The predicted molar refractivity (Wildman–Crippen MR) is 99.5 cm³/mol. The smallest absolute Gasteiger partial charge is 0.227 e. The number of piperazine rings is 1. The third-order valence-electron chi connectivity index (χ3n) is 4.51. The molecule has 4 heterocycles. The summed E-state index contributed by atoms with van der Waals surface area (Å²) in [6, 6.07) is 5.89. The Morgan fingerprint density at radius 1 is 1.04 bits per heavy atom. The second-order valence-corrected chi connectivity index (χ2v) is 6.50. The first-order valence-electron chi connectivity index (χ1n) is 8.47. The highest BCUT2D eigenvalue weighted by Crippen LogP contribution is 2.26. The van der Waals surface area contributed by atoms with E-state index in [1.807, 2.05) is 44.1 Å². The summed E-state index contributed by atoms with van der Waals surface area (Å²) in [6.07, 6.45) is 3.52. The molecule has 130 valence electrons. The molecule has 3 aromatic heterocycles. The summed E-state index contributed by atoms with van der Waals surface area (Å²) in [5, 5.41) is 1.07. The van der Waals surface area contributed by atoms with Crippen molar-refractivity contribution >= 4 is 28.6 Å². The first-order valence-corrected chi connectivity index (χ1v) is 8.47. The van der Waals surface area contributed by atoms with Gasteiger partial charge in [0.2, 0.25) is 5.95 Å². The number of anilines is 3. The van der Waals surface area contributed by atoms with E-state index in [0.717, 1.165) is 60.4 Å². The Bertz CT molecular complexity index is 882. The lowest BCUT2D eigenvalue weighted by Crippen LogP contribution is -2.47. The maximum Gasteiger partial charge on any atom is 0.227 e. The van der Waals surface area contributed by atoms with Crippen molar-refractivity contribution in [3.8, 4) is 0 Å². The fourth-order valence-electron chi connectivity index (χ4n) is 3.16. The van der Waals surface area contributed by atoms with Crippen LogP contribution < -0.4 is 14.7 Å². The van der Waals surface area contributed by atoms with Crippen molar-refractivity contribution in [3.05, 3.63) is 36.4 Å². The molecule has 25 heavy (non-hydrogen) atoms. The fraction of sp³-hybridized carbons (Fsp3) is 0.389. The number of aromatic nitrogens is 3. The van der Waals surface area contributed by atoms with Gasteiger partial charge in [-0.3, -0.25) is 0 Å². The van der Waals surface area contributed by atoms with Crippen molar-refractivity contribution in [2.75, 3.05) is 55.0 Å². The summed E-state index contributed by atoms with van der Waals surface area (Å²) in [4.78, 5) is 20.4. The molecule has 0 N–H and O–H groups in total. The van der Waals surface area contributed by atoms with Crippen LogP contribution in [0, 0.1) is 6.92 Å². The van der Waals surface area contributed by atoms with Gasteiger partial charge >= 0.3 is 0 Å². The Morgan fingerprint density at radius 2 is 1.80 bits per heavy atom. The zero-order valence-electron chi connectivity index (χ0n) is 14.8. The molecule has 1 aliphatic rings. The van der Waals surface area contributed by atoms with Crippen LogP contribution in [0.4, 0.5) is 17.6 Å². The Balaban J connectivity index is 1.53. The SMILES string of the molecule is Cc1cc(N(C)C)nc(N2CCN(c3nccc4occc34)CC2)n1. The first-order chi connectivity index (χ1) is 12.1. The van der Waals surface area contributed by atoms with E-state index in [0.29, 0.717) is 0 Å². The summed E-state index contributed by atoms with van der Waals surface area (Å²) in [6.45, 7) is 5.51. The minimum atomic E-state index is 0.804. The predicted octanol–water partition coefficient (Wildman–Crippen LogP) is 2.32. The van der Waals surface area contributed by atoms with Crippen molar-refractivity contribution < 1.29 is 4.42 Å². The topological polar surface area (TPSA) is 61.5 Å². The zero-order chi connectivity index (χ0) is 17.4. The normalized spacial score (nSPS) is 15.0. The number of pyridine rings is 1. The number of rotatable bonds is 3. The number of fused-ring (bicyclic) bond motifs is 1. The van der Waals surface area contributed by atoms with Crippen molar-refractivity contribution in [1.29, 1.82) is 0 Å². The van der Waals surface area contributed by atoms with Crippen molar-refractivity contribution in [2.45, 2.75) is 6.92 Å². The van der Waals surface area contributed by atoms with Crippen LogP contribution in [0.2, 0.25) is 0 Å². The van der Waals surface area contributed by atoms with Crippen LogP contribution in [0.15, 0.2) is 35.1 Å². The Kier molecular flexibility index (Phi) is 3.91. The molecule has 7 heteroatoms. The van der Waals surface area contributed by atoms with Crippen LogP contribution in [-0.2, 0) is 0 Å². The minimum Gasteiger partial charge on any atom is -0.464 e. The largest absolute Gasteiger partial charge is 0.464 e. The lowest BCUT2D eigenvalue weighted by Gasteiger charge is -2.35. The molecule has 1 saturated heterocycles. The average molecular weight is 338 g/mol. The van der Waals surface area contributed by atoms with Gasteiger partial charge in [-0.2, -0.15) is 4.98 Å². The fourth-order valence-corrected chi connectivity index (χ4v) is 3.16. The second-order valence-electron chi connectivity index (χ2n) is 6.50. The van der Waals surface area contributed by atoms with Gasteiger partial charge in [-0.05, 0) is 19.1 Å². The van der Waals surface area contributed by atoms with E-state index in [1.54, 1.807) is 12.5 Å². The molecule has 0 bridgehead atoms. The van der Waals surface area contributed by atoms with Gasteiger partial charge in [-0.1, -0.05) is 0 Å². The lowest BCUT2D eigenvalue weighted by atomic mass is 10.2. The number of nitrogens with zero attached hydrogens (tertiary/aromatic N) is 6. The van der Waals surface area contributed by atoms with E-state index < -0.39 is 0 Å². The molecule has 0 amide bonds. The van der Waals surface area contributed by atoms with E-state index >= 15 is 0 Å². The maximum atomic E-state index is 5.49. The maximum absolute atomic E-state index is 5.49. The highest BCUT2D eigenvalue weighted by molar-refractivity contribution is 5.88. The second kappa shape index (κ2) is 6.23. The standard InChI is InChI=1S/C18H22N6O/c1-13-12-16(22(2)3)21-18(20-13)24-9-7-23(8-10-24)17-14-5-11-25-15(14)4-6-19-17/h4-6,11-12H,7-10H2,1-3H3. The minimum absolute atomic E-state index is 0.804. The summed E-state index contributed by atoms with van der Waals surface area (Å²) in [5.41, 5.74) is 1.87. The number of aryl methyl sites for hydroxylation is 1. The average Bonchev–Trinajstić information content (AvgIpc) is 3.10. The van der Waals surface area contributed by atoms with Gasteiger partial charge in [-0.25, -0.2) is 9.97 Å². The van der Waals surface area contributed by atoms with Gasteiger partial charge in [0.25, 0.3) is 0 Å². The molecule has 0 aromatic carbocycles. The van der Waals surface area contributed by atoms with E-state index in [9.17, 15) is 0 Å². The summed E-state index contributed by atoms with van der Waals surface area (Å²) >= 11 is 0. The van der Waals surface area contributed by atoms with Crippen LogP contribution in [-0.4, -0.2) is 55.2 Å². The third-order valence-corrected chi connectivity index (χ3v) is 4.51. The van der Waals surface area contributed by atoms with Crippen LogP contribution in [0.25, 0.3) is 11.0 Å². The Labute approximate surface area is 146 Å². The molecule has 0 radical (unpaired) electrons. The molecule has 0 saturated carbocycles. The van der Waals surface area contributed by atoms with E-state index in [4.69, 9.17) is 4.42 Å². The summed E-state index contributed by atoms with van der Waals surface area (Å²) in [7, 11) is 4.00. The molecule has 4 rings (SSSR count). The molecular weight excluding hydrogens is 316 g/mol. The lowest BCUT2D eigenvalue weighted by molar-refractivity contribution is 0.614. The monoisotopic (exact) mass is 338 g/mol. The van der Waals surface area contributed by atoms with Gasteiger partial charge in [0.15, 0.2) is 0 Å². The van der Waals surface area contributed by atoms with E-state index in [2.05, 4.69) is 24.8 Å². The summed E-state index contributed by atoms with van der Waals surface area (Å²) < 4.78 is 5.49. The first kappa shape index (κ1) is 15.7. The van der Waals surface area contributed by atoms with Crippen molar-refractivity contribution in [3.63, 3.8) is 0 Å². The molecule has 3 aromatic rings. The van der Waals surface area contributed by atoms with Crippen LogP contribution in [0.1, 0.15) is 5.69 Å². The van der Waals surface area contributed by atoms with Crippen LogP contribution in [0.5, 0.6) is 0 Å².